The lowest BCUT2D eigenvalue weighted by Gasteiger charge is -2.32. The van der Waals surface area contributed by atoms with Crippen molar-refractivity contribution in [2.75, 3.05) is 19.6 Å². The Morgan fingerprint density at radius 1 is 1.39 bits per heavy atom. The molecular weight excluding hydrogens is 316 g/mol. The zero-order valence-electron chi connectivity index (χ0n) is 10.3. The summed E-state index contributed by atoms with van der Waals surface area (Å²) in [6.07, 6.45) is 0. The number of hydrogen-bond acceptors (Lipinski definition) is 3. The Balaban J connectivity index is 2.13. The molecule has 1 aliphatic heterocycles. The summed E-state index contributed by atoms with van der Waals surface area (Å²) in [5, 5.41) is 3.20. The van der Waals surface area contributed by atoms with Crippen molar-refractivity contribution >= 4 is 26.0 Å². The highest BCUT2D eigenvalue weighted by molar-refractivity contribution is 9.10. The van der Waals surface area contributed by atoms with E-state index in [1.54, 1.807) is 4.31 Å². The van der Waals surface area contributed by atoms with Crippen LogP contribution >= 0.6 is 15.9 Å². The van der Waals surface area contributed by atoms with Crippen LogP contribution in [-0.4, -0.2) is 38.4 Å². The second-order valence-electron chi connectivity index (χ2n) is 4.55. The Morgan fingerprint density at radius 3 is 2.67 bits per heavy atom. The van der Waals surface area contributed by atoms with Crippen molar-refractivity contribution in [2.24, 2.45) is 0 Å². The molecule has 0 amide bonds. The first-order chi connectivity index (χ1) is 8.49. The van der Waals surface area contributed by atoms with Gasteiger partial charge in [-0.05, 0) is 24.6 Å². The summed E-state index contributed by atoms with van der Waals surface area (Å²) in [6.45, 7) is 3.94. The van der Waals surface area contributed by atoms with Crippen molar-refractivity contribution in [3.63, 3.8) is 0 Å². The molecule has 4 nitrogen and oxygen atoms in total. The van der Waals surface area contributed by atoms with Gasteiger partial charge >= 0.3 is 0 Å². The molecule has 1 atom stereocenters. The molecule has 0 bridgehead atoms. The predicted molar refractivity (Wildman–Crippen MR) is 75.8 cm³/mol. The van der Waals surface area contributed by atoms with Crippen molar-refractivity contribution in [3.8, 4) is 0 Å². The molecule has 1 N–H and O–H groups in total. The number of nitrogens with one attached hydrogen (secondary N) is 1. The minimum absolute atomic E-state index is 0.0270. The fourth-order valence-electron chi connectivity index (χ4n) is 2.11. The average Bonchev–Trinajstić information content (AvgIpc) is 2.32. The quantitative estimate of drug-likeness (QED) is 0.914. The lowest BCUT2D eigenvalue weighted by Crippen LogP contribution is -2.52. The van der Waals surface area contributed by atoms with E-state index in [-0.39, 0.29) is 11.8 Å². The maximum Gasteiger partial charge on any atom is 0.218 e. The molecule has 0 unspecified atom stereocenters. The first-order valence-electron chi connectivity index (χ1n) is 5.94. The van der Waals surface area contributed by atoms with Crippen LogP contribution in [-0.2, 0) is 15.8 Å². The van der Waals surface area contributed by atoms with Crippen LogP contribution in [0, 0.1) is 0 Å². The largest absolute Gasteiger partial charge is 0.314 e. The number of benzene rings is 1. The molecule has 0 aliphatic carbocycles. The lowest BCUT2D eigenvalue weighted by atomic mass is 10.2. The second-order valence-corrected chi connectivity index (χ2v) is 7.38. The topological polar surface area (TPSA) is 49.4 Å². The third kappa shape index (κ3) is 3.32. The van der Waals surface area contributed by atoms with Gasteiger partial charge in [-0.25, -0.2) is 8.42 Å². The van der Waals surface area contributed by atoms with Gasteiger partial charge in [-0.1, -0.05) is 28.1 Å². The zero-order valence-corrected chi connectivity index (χ0v) is 12.7. The number of halogens is 1. The van der Waals surface area contributed by atoms with E-state index in [0.717, 1.165) is 23.1 Å². The van der Waals surface area contributed by atoms with Crippen molar-refractivity contribution < 1.29 is 8.42 Å². The molecule has 6 heteroatoms. The Labute approximate surface area is 117 Å². The first-order valence-corrected chi connectivity index (χ1v) is 8.34. The van der Waals surface area contributed by atoms with E-state index in [4.69, 9.17) is 0 Å². The number of piperazine rings is 1. The van der Waals surface area contributed by atoms with E-state index in [1.165, 1.54) is 0 Å². The van der Waals surface area contributed by atoms with Crippen LogP contribution in [0.1, 0.15) is 12.5 Å². The van der Waals surface area contributed by atoms with Crippen LogP contribution in [0.3, 0.4) is 0 Å². The van der Waals surface area contributed by atoms with Gasteiger partial charge in [0.2, 0.25) is 10.0 Å². The van der Waals surface area contributed by atoms with Gasteiger partial charge in [0.25, 0.3) is 0 Å². The molecule has 100 valence electrons. The SMILES string of the molecule is C[C@@H]1CNCCN1S(=O)(=O)Cc1ccc(Br)cc1. The van der Waals surface area contributed by atoms with Crippen LogP contribution in [0.25, 0.3) is 0 Å². The molecule has 1 saturated heterocycles. The Morgan fingerprint density at radius 2 is 2.06 bits per heavy atom. The highest BCUT2D eigenvalue weighted by atomic mass is 79.9. The van der Waals surface area contributed by atoms with E-state index in [0.29, 0.717) is 6.54 Å². The van der Waals surface area contributed by atoms with Crippen LogP contribution in [0.5, 0.6) is 0 Å². The summed E-state index contributed by atoms with van der Waals surface area (Å²) < 4.78 is 27.2. The second kappa shape index (κ2) is 5.69. The van der Waals surface area contributed by atoms with Crippen molar-refractivity contribution in [1.82, 2.24) is 9.62 Å². The van der Waals surface area contributed by atoms with Crippen molar-refractivity contribution in [3.05, 3.63) is 34.3 Å². The van der Waals surface area contributed by atoms with Crippen LogP contribution < -0.4 is 5.32 Å². The number of rotatable bonds is 3. The summed E-state index contributed by atoms with van der Waals surface area (Å²) in [4.78, 5) is 0. The van der Waals surface area contributed by atoms with Gasteiger partial charge in [-0.3, -0.25) is 0 Å². The van der Waals surface area contributed by atoms with Gasteiger partial charge in [-0.15, -0.1) is 0 Å². The molecular formula is C12H17BrN2O2S. The molecule has 2 rings (SSSR count). The molecule has 1 aromatic carbocycles. The third-order valence-corrected chi connectivity index (χ3v) is 5.54. The summed E-state index contributed by atoms with van der Waals surface area (Å²) >= 11 is 3.34. The fourth-order valence-corrected chi connectivity index (χ4v) is 4.15. The van der Waals surface area contributed by atoms with Gasteiger partial charge in [0.05, 0.1) is 5.75 Å². The zero-order chi connectivity index (χ0) is 13.2. The molecule has 1 heterocycles. The summed E-state index contributed by atoms with van der Waals surface area (Å²) in [6, 6.07) is 7.44. The van der Waals surface area contributed by atoms with Gasteiger partial charge < -0.3 is 5.32 Å². The maximum atomic E-state index is 12.3. The average molecular weight is 333 g/mol. The normalized spacial score (nSPS) is 22.0. The van der Waals surface area contributed by atoms with Crippen LogP contribution in [0.15, 0.2) is 28.7 Å². The number of hydrogen-bond donors (Lipinski definition) is 1. The molecule has 1 aromatic rings. The minimum atomic E-state index is -3.22. The molecule has 0 saturated carbocycles. The van der Waals surface area contributed by atoms with Crippen molar-refractivity contribution in [1.29, 1.82) is 0 Å². The fraction of sp³-hybridized carbons (Fsp3) is 0.500. The number of sulfonamides is 1. The molecule has 1 aliphatic rings. The molecule has 18 heavy (non-hydrogen) atoms. The van der Waals surface area contributed by atoms with Gasteiger partial charge in [0.1, 0.15) is 0 Å². The Kier molecular flexibility index (Phi) is 4.42. The molecule has 0 spiro atoms. The first kappa shape index (κ1) is 14.0. The monoisotopic (exact) mass is 332 g/mol. The standard InChI is InChI=1S/C12H17BrN2O2S/c1-10-8-14-6-7-15(10)18(16,17)9-11-2-4-12(13)5-3-11/h2-5,10,14H,6-9H2,1H3/t10-/m1/s1. The summed E-state index contributed by atoms with van der Waals surface area (Å²) in [5.41, 5.74) is 0.823. The highest BCUT2D eigenvalue weighted by Gasteiger charge is 2.29. The summed E-state index contributed by atoms with van der Waals surface area (Å²) in [5.74, 6) is 0.0740. The molecule has 0 aromatic heterocycles. The maximum absolute atomic E-state index is 12.3. The number of nitrogens with zero attached hydrogens (tertiary/aromatic N) is 1. The smallest absolute Gasteiger partial charge is 0.218 e. The lowest BCUT2D eigenvalue weighted by molar-refractivity contribution is 0.283. The van der Waals surface area contributed by atoms with E-state index >= 15 is 0 Å². The molecule has 1 fully saturated rings. The Bertz CT molecular complexity index is 501. The molecule has 0 radical (unpaired) electrons. The van der Waals surface area contributed by atoms with E-state index in [9.17, 15) is 8.42 Å². The predicted octanol–water partition coefficient (Wildman–Crippen LogP) is 1.57. The van der Waals surface area contributed by atoms with Gasteiger partial charge in [0, 0.05) is 30.1 Å². The van der Waals surface area contributed by atoms with E-state index in [2.05, 4.69) is 21.2 Å². The minimum Gasteiger partial charge on any atom is -0.314 e. The Hall–Kier alpha value is -0.430. The van der Waals surface area contributed by atoms with Gasteiger partial charge in [0.15, 0.2) is 0 Å². The van der Waals surface area contributed by atoms with Crippen LogP contribution in [0.2, 0.25) is 0 Å². The van der Waals surface area contributed by atoms with Crippen LogP contribution in [0.4, 0.5) is 0 Å². The summed E-state index contributed by atoms with van der Waals surface area (Å²) in [7, 11) is -3.22. The highest BCUT2D eigenvalue weighted by Crippen LogP contribution is 2.17. The van der Waals surface area contributed by atoms with Gasteiger partial charge in [-0.2, -0.15) is 4.31 Å². The third-order valence-electron chi connectivity index (χ3n) is 3.06. The van der Waals surface area contributed by atoms with E-state index < -0.39 is 10.0 Å². The van der Waals surface area contributed by atoms with Crippen molar-refractivity contribution in [2.45, 2.75) is 18.7 Å². The van der Waals surface area contributed by atoms with E-state index in [1.807, 2.05) is 31.2 Å².